The number of anilines is 1. The van der Waals surface area contributed by atoms with E-state index in [9.17, 15) is 13.6 Å². The fraction of sp³-hybridized carbons (Fsp3) is 0.538. The van der Waals surface area contributed by atoms with Crippen molar-refractivity contribution in [1.29, 1.82) is 0 Å². The van der Waals surface area contributed by atoms with Gasteiger partial charge in [-0.2, -0.15) is 0 Å². The van der Waals surface area contributed by atoms with E-state index >= 15 is 0 Å². The van der Waals surface area contributed by atoms with Gasteiger partial charge >= 0.3 is 5.97 Å². The molecule has 3 rings (SSSR count). The number of alkyl halides is 2. The predicted octanol–water partition coefficient (Wildman–Crippen LogP) is 1.67. The number of hydrogen-bond donors (Lipinski definition) is 1. The molecule has 1 aromatic heterocycles. The van der Waals surface area contributed by atoms with Crippen molar-refractivity contribution >= 4 is 22.4 Å². The van der Waals surface area contributed by atoms with Gasteiger partial charge in [-0.05, 0) is 6.42 Å². The van der Waals surface area contributed by atoms with E-state index in [-0.39, 0.29) is 24.9 Å². The van der Waals surface area contributed by atoms with Crippen molar-refractivity contribution < 1.29 is 18.3 Å². The number of ether oxygens (including phenoxy) is 1. The molecule has 2 fully saturated rings. The topological polar surface area (TPSA) is 54.5 Å². The van der Waals surface area contributed by atoms with Gasteiger partial charge in [-0.15, -0.1) is 11.3 Å². The molecule has 0 amide bonds. The molecule has 2 aliphatic heterocycles. The summed E-state index contributed by atoms with van der Waals surface area (Å²) in [6, 6.07) is -1.11. The van der Waals surface area contributed by atoms with Crippen LogP contribution in [-0.2, 0) is 4.74 Å². The highest BCUT2D eigenvalue weighted by molar-refractivity contribution is 7.13. The molecule has 0 spiro atoms. The number of halogens is 2. The summed E-state index contributed by atoms with van der Waals surface area (Å²) in [4.78, 5) is 17.4. The zero-order valence-electron chi connectivity index (χ0n) is 11.2. The number of nitrogens with one attached hydrogen (secondary N) is 1. The van der Waals surface area contributed by atoms with Gasteiger partial charge in [0.2, 0.25) is 0 Å². The summed E-state index contributed by atoms with van der Waals surface area (Å²) in [5, 5.41) is 4.83. The second-order valence-electron chi connectivity index (χ2n) is 5.08. The lowest BCUT2D eigenvalue weighted by Crippen LogP contribution is -2.45. The maximum Gasteiger partial charge on any atom is 0.358 e. The Labute approximate surface area is 124 Å². The Morgan fingerprint density at radius 2 is 2.52 bits per heavy atom. The zero-order valence-corrected chi connectivity index (χ0v) is 12.0. The number of esters is 1. The van der Waals surface area contributed by atoms with Crippen LogP contribution in [0.4, 0.5) is 13.9 Å². The predicted molar refractivity (Wildman–Crippen MR) is 75.1 cm³/mol. The molecule has 1 N–H and O–H groups in total. The van der Waals surface area contributed by atoms with Crippen molar-refractivity contribution in [1.82, 2.24) is 10.3 Å². The van der Waals surface area contributed by atoms with E-state index in [0.29, 0.717) is 18.1 Å². The van der Waals surface area contributed by atoms with Gasteiger partial charge in [0.05, 0.1) is 6.54 Å². The molecular weight excluding hydrogens is 300 g/mol. The van der Waals surface area contributed by atoms with Crippen LogP contribution in [0.25, 0.3) is 0 Å². The average molecular weight is 315 g/mol. The highest BCUT2D eigenvalue weighted by Gasteiger charge is 2.56. The lowest BCUT2D eigenvalue weighted by Gasteiger charge is -2.27. The molecule has 2 atom stereocenters. The average Bonchev–Trinajstić information content (AvgIpc) is 3.13. The lowest BCUT2D eigenvalue weighted by molar-refractivity contribution is 0.00620. The molecular formula is C13H15F2N3O2S. The van der Waals surface area contributed by atoms with Crippen molar-refractivity contribution in [3.05, 3.63) is 23.7 Å². The summed E-state index contributed by atoms with van der Waals surface area (Å²) in [7, 11) is 0. The molecule has 21 heavy (non-hydrogen) atoms. The molecule has 3 heterocycles. The van der Waals surface area contributed by atoms with Gasteiger partial charge in [-0.1, -0.05) is 12.7 Å². The molecule has 2 saturated heterocycles. The number of thiazole rings is 1. The van der Waals surface area contributed by atoms with E-state index in [2.05, 4.69) is 16.9 Å². The first kappa shape index (κ1) is 14.4. The molecule has 0 saturated carbocycles. The first-order valence-corrected chi connectivity index (χ1v) is 7.52. The zero-order chi connectivity index (χ0) is 15.0. The van der Waals surface area contributed by atoms with E-state index in [4.69, 9.17) is 4.74 Å². The Morgan fingerprint density at radius 1 is 1.71 bits per heavy atom. The number of hydrogen-bond acceptors (Lipinski definition) is 6. The maximum absolute atomic E-state index is 13.9. The normalized spacial score (nSPS) is 26.7. The van der Waals surface area contributed by atoms with E-state index in [1.54, 1.807) is 4.90 Å². The van der Waals surface area contributed by atoms with Crippen molar-refractivity contribution in [3.63, 3.8) is 0 Å². The van der Waals surface area contributed by atoms with E-state index in [0.717, 1.165) is 0 Å². The fourth-order valence-electron chi connectivity index (χ4n) is 2.81. The molecule has 114 valence electrons. The first-order valence-electron chi connectivity index (χ1n) is 6.64. The number of aromatic nitrogens is 1. The van der Waals surface area contributed by atoms with Gasteiger partial charge < -0.3 is 15.0 Å². The monoisotopic (exact) mass is 315 g/mol. The van der Waals surface area contributed by atoms with Crippen LogP contribution in [-0.4, -0.2) is 48.7 Å². The van der Waals surface area contributed by atoms with Gasteiger partial charge in [-0.3, -0.25) is 0 Å². The van der Waals surface area contributed by atoms with Crippen LogP contribution in [0, 0.1) is 0 Å². The van der Waals surface area contributed by atoms with Crippen LogP contribution in [0.2, 0.25) is 0 Å². The van der Waals surface area contributed by atoms with Crippen LogP contribution in [0.1, 0.15) is 16.9 Å². The second kappa shape index (κ2) is 5.34. The summed E-state index contributed by atoms with van der Waals surface area (Å²) in [5.41, 5.74) is 0.148. The third-order valence-electron chi connectivity index (χ3n) is 3.71. The Balaban J connectivity index is 1.77. The van der Waals surface area contributed by atoms with Gasteiger partial charge in [-0.25, -0.2) is 18.6 Å². The molecule has 8 heteroatoms. The minimum atomic E-state index is -2.78. The molecule has 1 aromatic rings. The number of fused-ring (bicyclic) bond motifs is 1. The third-order valence-corrected chi connectivity index (χ3v) is 4.59. The summed E-state index contributed by atoms with van der Waals surface area (Å²) >= 11 is 1.19. The molecule has 0 radical (unpaired) electrons. The maximum atomic E-state index is 13.9. The van der Waals surface area contributed by atoms with Crippen LogP contribution in [0.15, 0.2) is 18.0 Å². The largest absolute Gasteiger partial charge is 0.457 e. The minimum absolute atomic E-state index is 0.0993. The van der Waals surface area contributed by atoms with Crippen molar-refractivity contribution in [2.75, 3.05) is 24.6 Å². The number of rotatable bonds is 4. The first-order chi connectivity index (χ1) is 10.0. The Morgan fingerprint density at radius 3 is 3.29 bits per heavy atom. The number of carbonyl (C=O) groups excluding carboxylic acids is 1. The molecule has 0 aromatic carbocycles. The minimum Gasteiger partial charge on any atom is -0.457 e. The van der Waals surface area contributed by atoms with Crippen LogP contribution in [0.3, 0.4) is 0 Å². The summed E-state index contributed by atoms with van der Waals surface area (Å²) in [5.74, 6) is -3.35. The van der Waals surface area contributed by atoms with E-state index in [1.807, 2.05) is 0 Å². The third kappa shape index (κ3) is 2.53. The highest BCUT2D eigenvalue weighted by Crippen LogP contribution is 2.39. The Kier molecular flexibility index (Phi) is 3.66. The van der Waals surface area contributed by atoms with Crippen LogP contribution < -0.4 is 10.2 Å². The van der Waals surface area contributed by atoms with Crippen molar-refractivity contribution in [3.8, 4) is 0 Å². The number of nitrogens with zero attached hydrogens (tertiary/aromatic N) is 2. The van der Waals surface area contributed by atoms with Crippen LogP contribution >= 0.6 is 11.3 Å². The Hall–Kier alpha value is -1.54. The Bertz CT molecular complexity index is 563. The highest BCUT2D eigenvalue weighted by atomic mass is 32.1. The van der Waals surface area contributed by atoms with Gasteiger partial charge in [0.25, 0.3) is 5.92 Å². The lowest BCUT2D eigenvalue weighted by atomic mass is 10.1. The van der Waals surface area contributed by atoms with Gasteiger partial charge in [0.1, 0.15) is 12.6 Å². The second-order valence-corrected chi connectivity index (χ2v) is 5.91. The van der Waals surface area contributed by atoms with E-state index < -0.39 is 17.9 Å². The number of carbonyl (C=O) groups is 1. The quantitative estimate of drug-likeness (QED) is 0.677. The molecule has 5 nitrogen and oxygen atoms in total. The van der Waals surface area contributed by atoms with Gasteiger partial charge in [0, 0.05) is 18.0 Å². The fourth-order valence-corrected chi connectivity index (χ4v) is 3.67. The molecule has 2 unspecified atom stereocenters. The molecule has 0 aliphatic carbocycles. The summed E-state index contributed by atoms with van der Waals surface area (Å²) < 4.78 is 32.8. The summed E-state index contributed by atoms with van der Waals surface area (Å²) in [6.45, 7) is 3.75. The van der Waals surface area contributed by atoms with E-state index in [1.165, 1.54) is 22.8 Å². The van der Waals surface area contributed by atoms with Gasteiger partial charge in [0.15, 0.2) is 10.8 Å². The standard InChI is InChI=1S/C13H15F2N3O2S/c1-2-5-20-11(19)9-6-21-12(17-9)18-4-3-8-10(18)13(14,15)7-16-8/h2,6,8,10,16H,1,3-5,7H2. The summed E-state index contributed by atoms with van der Waals surface area (Å²) in [6.07, 6.45) is 2.11. The molecule has 0 bridgehead atoms. The van der Waals surface area contributed by atoms with Crippen molar-refractivity contribution in [2.24, 2.45) is 0 Å². The molecule has 2 aliphatic rings. The smallest absolute Gasteiger partial charge is 0.358 e. The van der Waals surface area contributed by atoms with Crippen LogP contribution in [0.5, 0.6) is 0 Å². The van der Waals surface area contributed by atoms with Crippen molar-refractivity contribution in [2.45, 2.75) is 24.4 Å². The SMILES string of the molecule is C=CCOC(=O)c1csc(N2CCC3NCC(F)(F)C32)n1.